The van der Waals surface area contributed by atoms with E-state index in [0.717, 1.165) is 0 Å². The summed E-state index contributed by atoms with van der Waals surface area (Å²) in [6, 6.07) is 1.41. The molecule has 5 nitrogen and oxygen atoms in total. The lowest BCUT2D eigenvalue weighted by Crippen LogP contribution is -2.07. The van der Waals surface area contributed by atoms with Crippen molar-refractivity contribution in [3.05, 3.63) is 29.6 Å². The molecular weight excluding hydrogens is 198 g/mol. The zero-order valence-corrected chi connectivity index (χ0v) is 8.27. The third-order valence-electron chi connectivity index (χ3n) is 1.96. The molecule has 80 valence electrons. The first-order valence-corrected chi connectivity index (χ1v) is 4.38. The van der Waals surface area contributed by atoms with Crippen LogP contribution >= 0.6 is 0 Å². The third kappa shape index (κ3) is 3.05. The van der Waals surface area contributed by atoms with Gasteiger partial charge in [-0.1, -0.05) is 0 Å². The maximum absolute atomic E-state index is 10.9. The van der Waals surface area contributed by atoms with Gasteiger partial charge < -0.3 is 9.84 Å². The number of aryl methyl sites for hydroxylation is 1. The SMILES string of the molecule is COC(=O)CCc1cnccc1C(=O)O. The monoisotopic (exact) mass is 209 g/mol. The number of pyridine rings is 1. The van der Waals surface area contributed by atoms with Gasteiger partial charge in [-0.25, -0.2) is 4.79 Å². The van der Waals surface area contributed by atoms with Crippen molar-refractivity contribution in [1.29, 1.82) is 0 Å². The molecule has 5 heteroatoms. The summed E-state index contributed by atoms with van der Waals surface area (Å²) in [6.07, 6.45) is 3.34. The molecule has 0 radical (unpaired) electrons. The molecule has 0 aromatic carbocycles. The fourth-order valence-corrected chi connectivity index (χ4v) is 1.17. The van der Waals surface area contributed by atoms with E-state index < -0.39 is 5.97 Å². The largest absolute Gasteiger partial charge is 0.478 e. The van der Waals surface area contributed by atoms with E-state index in [1.54, 1.807) is 0 Å². The van der Waals surface area contributed by atoms with Gasteiger partial charge in [-0.2, -0.15) is 0 Å². The number of hydrogen-bond donors (Lipinski definition) is 1. The number of esters is 1. The van der Waals surface area contributed by atoms with E-state index in [2.05, 4.69) is 9.72 Å². The number of rotatable bonds is 4. The minimum Gasteiger partial charge on any atom is -0.478 e. The second-order valence-corrected chi connectivity index (χ2v) is 2.91. The highest BCUT2D eigenvalue weighted by atomic mass is 16.5. The summed E-state index contributed by atoms with van der Waals surface area (Å²) in [6.45, 7) is 0. The highest BCUT2D eigenvalue weighted by Gasteiger charge is 2.10. The molecule has 0 aliphatic heterocycles. The van der Waals surface area contributed by atoms with Gasteiger partial charge in [-0.3, -0.25) is 9.78 Å². The lowest BCUT2D eigenvalue weighted by atomic mass is 10.1. The maximum Gasteiger partial charge on any atom is 0.336 e. The van der Waals surface area contributed by atoms with Crippen LogP contribution in [-0.2, 0) is 16.0 Å². The van der Waals surface area contributed by atoms with Crippen molar-refractivity contribution < 1.29 is 19.4 Å². The summed E-state index contributed by atoms with van der Waals surface area (Å²) in [5.41, 5.74) is 0.712. The van der Waals surface area contributed by atoms with Crippen molar-refractivity contribution in [2.45, 2.75) is 12.8 Å². The van der Waals surface area contributed by atoms with E-state index in [1.807, 2.05) is 0 Å². The Kier molecular flexibility index (Phi) is 3.79. The van der Waals surface area contributed by atoms with E-state index in [1.165, 1.54) is 25.6 Å². The molecule has 15 heavy (non-hydrogen) atoms. The Balaban J connectivity index is 2.76. The summed E-state index contributed by atoms with van der Waals surface area (Å²) >= 11 is 0. The summed E-state index contributed by atoms with van der Waals surface area (Å²) in [5, 5.41) is 8.84. The van der Waals surface area contributed by atoms with Crippen molar-refractivity contribution >= 4 is 11.9 Å². The standard InChI is InChI=1S/C10H11NO4/c1-15-9(12)3-2-7-6-11-5-4-8(7)10(13)14/h4-6H,2-3H2,1H3,(H,13,14). The van der Waals surface area contributed by atoms with Crippen LogP contribution in [0.1, 0.15) is 22.3 Å². The number of nitrogens with zero attached hydrogens (tertiary/aromatic N) is 1. The Morgan fingerprint density at radius 3 is 2.87 bits per heavy atom. The molecule has 1 N–H and O–H groups in total. The van der Waals surface area contributed by atoms with Crippen LogP contribution in [0, 0.1) is 0 Å². The third-order valence-corrected chi connectivity index (χ3v) is 1.96. The highest BCUT2D eigenvalue weighted by molar-refractivity contribution is 5.89. The number of aromatic nitrogens is 1. The van der Waals surface area contributed by atoms with Crippen molar-refractivity contribution in [2.24, 2.45) is 0 Å². The lowest BCUT2D eigenvalue weighted by molar-refractivity contribution is -0.140. The number of carbonyl (C=O) groups excluding carboxylic acids is 1. The zero-order chi connectivity index (χ0) is 11.3. The molecule has 0 unspecified atom stereocenters. The van der Waals surface area contributed by atoms with Crippen LogP contribution < -0.4 is 0 Å². The lowest BCUT2D eigenvalue weighted by Gasteiger charge is -2.03. The molecule has 1 heterocycles. The molecule has 1 rings (SSSR count). The van der Waals surface area contributed by atoms with Gasteiger partial charge in [0.05, 0.1) is 12.7 Å². The Bertz CT molecular complexity index is 375. The molecule has 0 saturated heterocycles. The fourth-order valence-electron chi connectivity index (χ4n) is 1.17. The Morgan fingerprint density at radius 1 is 1.53 bits per heavy atom. The second-order valence-electron chi connectivity index (χ2n) is 2.91. The normalized spacial score (nSPS) is 9.67. The molecule has 0 atom stereocenters. The molecule has 0 aliphatic rings. The summed E-state index contributed by atoms with van der Waals surface area (Å²) in [4.78, 5) is 25.5. The minimum absolute atomic E-state index is 0.155. The molecule has 0 bridgehead atoms. The van der Waals surface area contributed by atoms with E-state index in [9.17, 15) is 9.59 Å². The van der Waals surface area contributed by atoms with Gasteiger partial charge >= 0.3 is 11.9 Å². The molecule has 0 spiro atoms. The number of aromatic carboxylic acids is 1. The van der Waals surface area contributed by atoms with Crippen LogP contribution in [0.2, 0.25) is 0 Å². The number of carboxylic acids is 1. The molecular formula is C10H11NO4. The Labute approximate surface area is 86.7 Å². The van der Waals surface area contributed by atoms with Gasteiger partial charge in [0.2, 0.25) is 0 Å². The van der Waals surface area contributed by atoms with Crippen LogP contribution in [0.25, 0.3) is 0 Å². The van der Waals surface area contributed by atoms with Gasteiger partial charge in [-0.15, -0.1) is 0 Å². The topological polar surface area (TPSA) is 76.5 Å². The average Bonchev–Trinajstić information content (AvgIpc) is 2.26. The van der Waals surface area contributed by atoms with Gasteiger partial charge in [-0.05, 0) is 18.1 Å². The van der Waals surface area contributed by atoms with Crippen LogP contribution in [0.5, 0.6) is 0 Å². The van der Waals surface area contributed by atoms with Crippen LogP contribution in [0.4, 0.5) is 0 Å². The first kappa shape index (κ1) is 11.2. The zero-order valence-electron chi connectivity index (χ0n) is 8.27. The second kappa shape index (κ2) is 5.09. The minimum atomic E-state index is -1.02. The van der Waals surface area contributed by atoms with E-state index in [4.69, 9.17) is 5.11 Å². The quantitative estimate of drug-likeness (QED) is 0.745. The Morgan fingerprint density at radius 2 is 2.27 bits per heavy atom. The first-order chi connectivity index (χ1) is 7.15. The molecule has 0 amide bonds. The van der Waals surface area contributed by atoms with E-state index >= 15 is 0 Å². The summed E-state index contributed by atoms with van der Waals surface area (Å²) in [7, 11) is 1.30. The molecule has 0 aliphatic carbocycles. The van der Waals surface area contributed by atoms with Crippen LogP contribution in [0.15, 0.2) is 18.5 Å². The molecule has 0 saturated carbocycles. The van der Waals surface area contributed by atoms with Crippen LogP contribution in [0.3, 0.4) is 0 Å². The van der Waals surface area contributed by atoms with Crippen molar-refractivity contribution in [2.75, 3.05) is 7.11 Å². The van der Waals surface area contributed by atoms with E-state index in [0.29, 0.717) is 12.0 Å². The van der Waals surface area contributed by atoms with Crippen molar-refractivity contribution in [3.63, 3.8) is 0 Å². The summed E-state index contributed by atoms with van der Waals surface area (Å²) in [5.74, 6) is -1.38. The number of hydrogen-bond acceptors (Lipinski definition) is 4. The smallest absolute Gasteiger partial charge is 0.336 e. The van der Waals surface area contributed by atoms with Gasteiger partial charge in [0.15, 0.2) is 0 Å². The first-order valence-electron chi connectivity index (χ1n) is 4.38. The Hall–Kier alpha value is -1.91. The predicted octanol–water partition coefficient (Wildman–Crippen LogP) is 0.885. The molecule has 1 aromatic heterocycles. The van der Waals surface area contributed by atoms with Crippen LogP contribution in [-0.4, -0.2) is 29.1 Å². The number of methoxy groups -OCH3 is 1. The van der Waals surface area contributed by atoms with E-state index in [-0.39, 0.29) is 18.0 Å². The van der Waals surface area contributed by atoms with Crippen molar-refractivity contribution in [3.8, 4) is 0 Å². The van der Waals surface area contributed by atoms with Gasteiger partial charge in [0.1, 0.15) is 0 Å². The summed E-state index contributed by atoms with van der Waals surface area (Å²) < 4.78 is 4.47. The number of carboxylic acid groups (broad SMARTS) is 1. The van der Waals surface area contributed by atoms with Crippen molar-refractivity contribution in [1.82, 2.24) is 4.98 Å². The highest BCUT2D eigenvalue weighted by Crippen LogP contribution is 2.09. The number of ether oxygens (including phenoxy) is 1. The van der Waals surface area contributed by atoms with Gasteiger partial charge in [0.25, 0.3) is 0 Å². The molecule has 1 aromatic rings. The molecule has 0 fully saturated rings. The van der Waals surface area contributed by atoms with Gasteiger partial charge in [0, 0.05) is 18.8 Å². The maximum atomic E-state index is 10.9. The number of carbonyl (C=O) groups is 2. The predicted molar refractivity (Wildman–Crippen MR) is 51.5 cm³/mol. The fraction of sp³-hybridized carbons (Fsp3) is 0.300. The average molecular weight is 209 g/mol.